The summed E-state index contributed by atoms with van der Waals surface area (Å²) >= 11 is 5.80. The molecule has 0 aliphatic carbocycles. The standard InChI is InChI=1S/C11H10ClFN4/c12-10-4-7(1-2-16-10)11(17-14)8-3-9(13)6-15-5-8/h1-6,11,17H,14H2. The van der Waals surface area contributed by atoms with E-state index in [4.69, 9.17) is 17.4 Å². The summed E-state index contributed by atoms with van der Waals surface area (Å²) in [6.07, 6.45) is 4.24. The predicted octanol–water partition coefficient (Wildman–Crippen LogP) is 1.82. The zero-order valence-corrected chi connectivity index (χ0v) is 9.53. The molecule has 4 nitrogen and oxygen atoms in total. The van der Waals surface area contributed by atoms with Crippen molar-refractivity contribution >= 4 is 11.6 Å². The molecule has 17 heavy (non-hydrogen) atoms. The molecule has 0 saturated carbocycles. The van der Waals surface area contributed by atoms with Crippen molar-refractivity contribution in [3.05, 3.63) is 58.9 Å². The van der Waals surface area contributed by atoms with Crippen LogP contribution < -0.4 is 11.3 Å². The Kier molecular flexibility index (Phi) is 3.63. The molecule has 6 heteroatoms. The van der Waals surface area contributed by atoms with Gasteiger partial charge in [0.2, 0.25) is 0 Å². The second kappa shape index (κ2) is 5.18. The summed E-state index contributed by atoms with van der Waals surface area (Å²) in [5.74, 6) is 5.06. The molecule has 1 unspecified atom stereocenters. The van der Waals surface area contributed by atoms with Gasteiger partial charge in [0.1, 0.15) is 11.0 Å². The van der Waals surface area contributed by atoms with Gasteiger partial charge in [0.15, 0.2) is 0 Å². The Morgan fingerprint density at radius 2 is 2.12 bits per heavy atom. The third-order valence-corrected chi connectivity index (χ3v) is 2.52. The lowest BCUT2D eigenvalue weighted by atomic mass is 10.0. The molecule has 0 amide bonds. The fourth-order valence-corrected chi connectivity index (χ4v) is 1.75. The number of nitrogens with one attached hydrogen (secondary N) is 1. The van der Waals surface area contributed by atoms with Crippen LogP contribution in [0.1, 0.15) is 17.2 Å². The van der Waals surface area contributed by atoms with Gasteiger partial charge >= 0.3 is 0 Å². The number of hydrogen-bond donors (Lipinski definition) is 2. The largest absolute Gasteiger partial charge is 0.271 e. The molecule has 0 spiro atoms. The van der Waals surface area contributed by atoms with Crippen LogP contribution in [0.5, 0.6) is 0 Å². The average molecular weight is 253 g/mol. The topological polar surface area (TPSA) is 63.8 Å². The highest BCUT2D eigenvalue weighted by Crippen LogP contribution is 2.22. The fraction of sp³-hybridized carbons (Fsp3) is 0.0909. The van der Waals surface area contributed by atoms with Crippen molar-refractivity contribution in [2.24, 2.45) is 5.84 Å². The quantitative estimate of drug-likeness (QED) is 0.497. The van der Waals surface area contributed by atoms with Crippen LogP contribution in [0.2, 0.25) is 5.15 Å². The van der Waals surface area contributed by atoms with Crippen molar-refractivity contribution in [1.29, 1.82) is 0 Å². The minimum Gasteiger partial charge on any atom is -0.271 e. The molecular weight excluding hydrogens is 243 g/mol. The molecule has 1 atom stereocenters. The highest BCUT2D eigenvalue weighted by molar-refractivity contribution is 6.29. The van der Waals surface area contributed by atoms with Crippen molar-refractivity contribution in [1.82, 2.24) is 15.4 Å². The van der Waals surface area contributed by atoms with E-state index in [0.717, 1.165) is 11.8 Å². The Bertz CT molecular complexity index is 475. The molecule has 0 radical (unpaired) electrons. The second-order valence-electron chi connectivity index (χ2n) is 3.45. The summed E-state index contributed by atoms with van der Waals surface area (Å²) in [5.41, 5.74) is 4.01. The van der Waals surface area contributed by atoms with Crippen LogP contribution in [0.25, 0.3) is 0 Å². The van der Waals surface area contributed by atoms with E-state index in [9.17, 15) is 4.39 Å². The Labute approximate surface area is 103 Å². The number of nitrogens with zero attached hydrogens (tertiary/aromatic N) is 2. The van der Waals surface area contributed by atoms with Crippen molar-refractivity contribution < 1.29 is 4.39 Å². The molecule has 88 valence electrons. The Balaban J connectivity index is 2.40. The molecule has 2 rings (SSSR count). The molecule has 0 aliphatic heterocycles. The zero-order chi connectivity index (χ0) is 12.3. The number of nitrogens with two attached hydrogens (primary N) is 1. The zero-order valence-electron chi connectivity index (χ0n) is 8.77. The van der Waals surface area contributed by atoms with Gasteiger partial charge in [-0.2, -0.15) is 0 Å². The van der Waals surface area contributed by atoms with E-state index in [2.05, 4.69) is 15.4 Å². The lowest BCUT2D eigenvalue weighted by Crippen LogP contribution is -2.29. The van der Waals surface area contributed by atoms with Gasteiger partial charge in [0.05, 0.1) is 12.2 Å². The predicted molar refractivity (Wildman–Crippen MR) is 62.6 cm³/mol. The monoisotopic (exact) mass is 252 g/mol. The van der Waals surface area contributed by atoms with E-state index in [1.807, 2.05) is 0 Å². The van der Waals surface area contributed by atoms with Crippen molar-refractivity contribution in [2.75, 3.05) is 0 Å². The van der Waals surface area contributed by atoms with E-state index in [1.54, 1.807) is 24.5 Å². The number of pyridine rings is 2. The molecule has 2 heterocycles. The third-order valence-electron chi connectivity index (χ3n) is 2.31. The van der Waals surface area contributed by atoms with Crippen LogP contribution in [-0.2, 0) is 0 Å². The van der Waals surface area contributed by atoms with Gasteiger partial charge in [-0.15, -0.1) is 0 Å². The van der Waals surface area contributed by atoms with Gasteiger partial charge in [-0.3, -0.25) is 10.8 Å². The third kappa shape index (κ3) is 2.76. The first kappa shape index (κ1) is 11.9. The maximum atomic E-state index is 13.1. The summed E-state index contributed by atoms with van der Waals surface area (Å²) in [7, 11) is 0. The Hall–Kier alpha value is -1.56. The Morgan fingerprint density at radius 3 is 2.76 bits per heavy atom. The van der Waals surface area contributed by atoms with E-state index in [0.29, 0.717) is 10.7 Å². The SMILES string of the molecule is NNC(c1cncc(F)c1)c1ccnc(Cl)c1. The van der Waals surface area contributed by atoms with E-state index in [-0.39, 0.29) is 6.04 Å². The molecule has 2 aromatic rings. The average Bonchev–Trinajstić information content (AvgIpc) is 2.30. The Morgan fingerprint density at radius 1 is 1.29 bits per heavy atom. The summed E-state index contributed by atoms with van der Waals surface area (Å²) in [4.78, 5) is 7.66. The van der Waals surface area contributed by atoms with Gasteiger partial charge in [-0.1, -0.05) is 11.6 Å². The summed E-state index contributed by atoms with van der Waals surface area (Å²) in [5, 5.41) is 0.354. The molecule has 0 aliphatic rings. The normalized spacial score (nSPS) is 12.4. The van der Waals surface area contributed by atoms with E-state index in [1.165, 1.54) is 6.07 Å². The van der Waals surface area contributed by atoms with Crippen molar-refractivity contribution in [3.63, 3.8) is 0 Å². The highest BCUT2D eigenvalue weighted by Gasteiger charge is 2.13. The molecule has 0 saturated heterocycles. The van der Waals surface area contributed by atoms with E-state index >= 15 is 0 Å². The molecule has 2 aromatic heterocycles. The highest BCUT2D eigenvalue weighted by atomic mass is 35.5. The lowest BCUT2D eigenvalue weighted by molar-refractivity contribution is 0.597. The first-order valence-electron chi connectivity index (χ1n) is 4.88. The van der Waals surface area contributed by atoms with Crippen molar-refractivity contribution in [2.45, 2.75) is 6.04 Å². The summed E-state index contributed by atoms with van der Waals surface area (Å²) in [6.45, 7) is 0. The van der Waals surface area contributed by atoms with E-state index < -0.39 is 5.82 Å². The first-order chi connectivity index (χ1) is 8.20. The summed E-state index contributed by atoms with van der Waals surface area (Å²) in [6, 6.07) is 4.41. The molecular formula is C11H10ClFN4. The maximum Gasteiger partial charge on any atom is 0.141 e. The maximum absolute atomic E-state index is 13.1. The van der Waals surface area contributed by atoms with Crippen LogP contribution >= 0.6 is 11.6 Å². The van der Waals surface area contributed by atoms with Crippen molar-refractivity contribution in [3.8, 4) is 0 Å². The van der Waals surface area contributed by atoms with Gasteiger partial charge < -0.3 is 0 Å². The van der Waals surface area contributed by atoms with Crippen LogP contribution in [0, 0.1) is 5.82 Å². The smallest absolute Gasteiger partial charge is 0.141 e. The van der Waals surface area contributed by atoms with Gasteiger partial charge in [-0.25, -0.2) is 14.8 Å². The molecule has 0 bridgehead atoms. The first-order valence-corrected chi connectivity index (χ1v) is 5.26. The number of hydrogen-bond acceptors (Lipinski definition) is 4. The number of aromatic nitrogens is 2. The minimum atomic E-state index is -0.414. The number of rotatable bonds is 3. The molecule has 3 N–H and O–H groups in total. The second-order valence-corrected chi connectivity index (χ2v) is 3.84. The fourth-order valence-electron chi connectivity index (χ4n) is 1.57. The van der Waals surface area contributed by atoms with Crippen LogP contribution in [0.15, 0.2) is 36.8 Å². The lowest BCUT2D eigenvalue weighted by Gasteiger charge is -2.16. The number of hydrazine groups is 1. The van der Waals surface area contributed by atoms with Gasteiger partial charge in [0, 0.05) is 12.4 Å². The summed E-state index contributed by atoms with van der Waals surface area (Å²) < 4.78 is 13.1. The van der Waals surface area contributed by atoms with Gasteiger partial charge in [-0.05, 0) is 29.3 Å². The number of halogens is 2. The van der Waals surface area contributed by atoms with Crippen LogP contribution in [0.4, 0.5) is 4.39 Å². The molecule has 0 fully saturated rings. The van der Waals surface area contributed by atoms with Crippen LogP contribution in [0.3, 0.4) is 0 Å². The molecule has 0 aromatic carbocycles. The van der Waals surface area contributed by atoms with Crippen LogP contribution in [-0.4, -0.2) is 9.97 Å². The minimum absolute atomic E-state index is 0.354. The van der Waals surface area contributed by atoms with Gasteiger partial charge in [0.25, 0.3) is 0 Å².